The molecule has 0 atom stereocenters. The van der Waals surface area contributed by atoms with E-state index in [1.807, 2.05) is 6.92 Å². The summed E-state index contributed by atoms with van der Waals surface area (Å²) in [6.07, 6.45) is 0.801. The molecule has 1 aromatic rings. The molecule has 0 fully saturated rings. The summed E-state index contributed by atoms with van der Waals surface area (Å²) < 4.78 is 13.0. The van der Waals surface area contributed by atoms with Gasteiger partial charge in [0.25, 0.3) is 5.91 Å². The smallest absolute Gasteiger partial charge is 0.252 e. The molecule has 0 saturated heterocycles. The molecule has 0 aliphatic rings. The van der Waals surface area contributed by atoms with Crippen molar-refractivity contribution in [2.45, 2.75) is 25.8 Å². The Hall–Kier alpha value is -0.420. The van der Waals surface area contributed by atoms with Crippen LogP contribution in [-0.4, -0.2) is 22.1 Å². The number of hydrogen-bond acceptors (Lipinski definition) is 1. The quantitative estimate of drug-likeness (QED) is 0.773. The molecule has 2 nitrogen and oxygen atoms in total. The Labute approximate surface area is 124 Å². The Kier molecular flexibility index (Phi) is 5.79. The Bertz CT molecular complexity index is 425. The first-order chi connectivity index (χ1) is 8.48. The number of nitrogens with one attached hydrogen (secondary N) is 1. The summed E-state index contributed by atoms with van der Waals surface area (Å²) in [7, 11) is 0. The van der Waals surface area contributed by atoms with Crippen LogP contribution >= 0.6 is 31.9 Å². The number of hydrogen-bond donors (Lipinski definition) is 1. The zero-order valence-corrected chi connectivity index (χ0v) is 13.6. The van der Waals surface area contributed by atoms with E-state index in [4.69, 9.17) is 0 Å². The molecule has 18 heavy (non-hydrogen) atoms. The molecule has 0 spiro atoms. The van der Waals surface area contributed by atoms with Gasteiger partial charge in [-0.05, 0) is 37.1 Å². The molecule has 1 N–H and O–H groups in total. The van der Waals surface area contributed by atoms with Crippen molar-refractivity contribution in [1.29, 1.82) is 0 Å². The Morgan fingerprint density at radius 2 is 2.00 bits per heavy atom. The van der Waals surface area contributed by atoms with Crippen molar-refractivity contribution in [2.24, 2.45) is 0 Å². The molecule has 0 aliphatic carbocycles. The Morgan fingerprint density at radius 1 is 1.39 bits per heavy atom. The Morgan fingerprint density at radius 3 is 2.44 bits per heavy atom. The second kappa shape index (κ2) is 6.66. The van der Waals surface area contributed by atoms with E-state index >= 15 is 0 Å². The lowest BCUT2D eigenvalue weighted by molar-refractivity contribution is 0.0914. The molecule has 0 unspecified atom stereocenters. The van der Waals surface area contributed by atoms with Gasteiger partial charge in [-0.3, -0.25) is 4.79 Å². The van der Waals surface area contributed by atoms with Crippen LogP contribution in [0.25, 0.3) is 0 Å². The number of benzene rings is 1. The van der Waals surface area contributed by atoms with Gasteiger partial charge in [-0.25, -0.2) is 4.39 Å². The monoisotopic (exact) mass is 379 g/mol. The molecule has 1 aromatic carbocycles. The second-order valence-electron chi connectivity index (χ2n) is 4.31. The molecule has 0 heterocycles. The van der Waals surface area contributed by atoms with Crippen LogP contribution in [0.5, 0.6) is 0 Å². The third-order valence-electron chi connectivity index (χ3n) is 3.00. The molecule has 5 heteroatoms. The van der Waals surface area contributed by atoms with Crippen LogP contribution < -0.4 is 5.32 Å². The van der Waals surface area contributed by atoms with Gasteiger partial charge in [-0.15, -0.1) is 0 Å². The maximum Gasteiger partial charge on any atom is 0.252 e. The number of aryl methyl sites for hydroxylation is 1. The predicted octanol–water partition coefficient (Wildman–Crippen LogP) is 3.80. The second-order valence-corrected chi connectivity index (χ2v) is 5.44. The van der Waals surface area contributed by atoms with Crippen LogP contribution in [0.2, 0.25) is 0 Å². The van der Waals surface area contributed by atoms with Crippen molar-refractivity contribution in [3.05, 3.63) is 35.1 Å². The first kappa shape index (κ1) is 15.6. The zero-order chi connectivity index (χ0) is 13.8. The SMILES string of the molecule is CCC(CBr)(CBr)NC(=O)c1ccc(F)cc1C. The fourth-order valence-electron chi connectivity index (χ4n) is 1.57. The van der Waals surface area contributed by atoms with Crippen molar-refractivity contribution in [3.8, 4) is 0 Å². The summed E-state index contributed by atoms with van der Waals surface area (Å²) in [5.41, 5.74) is 0.829. The van der Waals surface area contributed by atoms with Gasteiger partial charge in [0.1, 0.15) is 5.82 Å². The van der Waals surface area contributed by atoms with E-state index < -0.39 is 0 Å². The van der Waals surface area contributed by atoms with E-state index in [9.17, 15) is 9.18 Å². The van der Waals surface area contributed by atoms with Crippen LogP contribution in [0.4, 0.5) is 4.39 Å². The fraction of sp³-hybridized carbons (Fsp3) is 0.462. The van der Waals surface area contributed by atoms with Gasteiger partial charge in [0.05, 0.1) is 5.54 Å². The largest absolute Gasteiger partial charge is 0.345 e. The lowest BCUT2D eigenvalue weighted by Gasteiger charge is -2.30. The molecule has 0 bridgehead atoms. The summed E-state index contributed by atoms with van der Waals surface area (Å²) in [5.74, 6) is -0.500. The highest BCUT2D eigenvalue weighted by Gasteiger charge is 2.28. The minimum atomic E-state index is -0.327. The van der Waals surface area contributed by atoms with Crippen LogP contribution in [0.1, 0.15) is 29.3 Å². The van der Waals surface area contributed by atoms with E-state index in [1.54, 1.807) is 6.92 Å². The van der Waals surface area contributed by atoms with Crippen molar-refractivity contribution in [3.63, 3.8) is 0 Å². The van der Waals surface area contributed by atoms with Crippen LogP contribution in [0, 0.1) is 12.7 Å². The van der Waals surface area contributed by atoms with E-state index in [2.05, 4.69) is 37.2 Å². The first-order valence-corrected chi connectivity index (χ1v) is 7.93. The van der Waals surface area contributed by atoms with Gasteiger partial charge < -0.3 is 5.32 Å². The van der Waals surface area contributed by atoms with Crippen molar-refractivity contribution >= 4 is 37.8 Å². The van der Waals surface area contributed by atoms with Gasteiger partial charge in [0, 0.05) is 16.2 Å². The van der Waals surface area contributed by atoms with Crippen LogP contribution in [-0.2, 0) is 0 Å². The lowest BCUT2D eigenvalue weighted by atomic mass is 10.00. The normalized spacial score (nSPS) is 11.4. The summed E-state index contributed by atoms with van der Waals surface area (Å²) in [6, 6.07) is 4.19. The molecular formula is C13H16Br2FNO. The molecule has 0 aliphatic heterocycles. The van der Waals surface area contributed by atoms with Gasteiger partial charge >= 0.3 is 0 Å². The highest BCUT2D eigenvalue weighted by Crippen LogP contribution is 2.19. The topological polar surface area (TPSA) is 29.1 Å². The summed E-state index contributed by atoms with van der Waals surface area (Å²) in [6.45, 7) is 3.74. The van der Waals surface area contributed by atoms with Crippen molar-refractivity contribution in [2.75, 3.05) is 10.7 Å². The molecule has 1 amide bonds. The number of amides is 1. The third-order valence-corrected chi connectivity index (χ3v) is 5.15. The molecule has 0 saturated carbocycles. The highest BCUT2D eigenvalue weighted by atomic mass is 79.9. The average molecular weight is 381 g/mol. The number of alkyl halides is 2. The predicted molar refractivity (Wildman–Crippen MR) is 79.2 cm³/mol. The van der Waals surface area contributed by atoms with E-state index in [1.165, 1.54) is 18.2 Å². The first-order valence-electron chi connectivity index (χ1n) is 5.68. The molecule has 100 valence electrons. The van der Waals surface area contributed by atoms with Gasteiger partial charge in [-0.2, -0.15) is 0 Å². The minimum Gasteiger partial charge on any atom is -0.345 e. The fourth-order valence-corrected chi connectivity index (χ4v) is 3.57. The van der Waals surface area contributed by atoms with E-state index in [-0.39, 0.29) is 17.3 Å². The maximum absolute atomic E-state index is 13.0. The number of halogens is 3. The number of rotatable bonds is 5. The standard InChI is InChI=1S/C13H16Br2FNO/c1-3-13(7-14,8-15)17-12(18)11-5-4-10(16)6-9(11)2/h4-6H,3,7-8H2,1-2H3,(H,17,18). The van der Waals surface area contributed by atoms with E-state index in [0.29, 0.717) is 21.8 Å². The van der Waals surface area contributed by atoms with Gasteiger partial charge in [0.15, 0.2) is 0 Å². The van der Waals surface area contributed by atoms with Gasteiger partial charge in [0.2, 0.25) is 0 Å². The van der Waals surface area contributed by atoms with Crippen molar-refractivity contribution < 1.29 is 9.18 Å². The van der Waals surface area contributed by atoms with Crippen LogP contribution in [0.15, 0.2) is 18.2 Å². The average Bonchev–Trinajstić information content (AvgIpc) is 2.36. The molecule has 1 rings (SSSR count). The van der Waals surface area contributed by atoms with Gasteiger partial charge in [-0.1, -0.05) is 38.8 Å². The number of carbonyl (C=O) groups excluding carboxylic acids is 1. The molecular weight excluding hydrogens is 365 g/mol. The summed E-state index contributed by atoms with van der Waals surface area (Å²) in [5, 5.41) is 4.32. The van der Waals surface area contributed by atoms with Crippen molar-refractivity contribution in [1.82, 2.24) is 5.32 Å². The minimum absolute atomic E-state index is 0.173. The van der Waals surface area contributed by atoms with E-state index in [0.717, 1.165) is 6.42 Å². The highest BCUT2D eigenvalue weighted by molar-refractivity contribution is 9.09. The number of carbonyl (C=O) groups is 1. The zero-order valence-electron chi connectivity index (χ0n) is 10.4. The van der Waals surface area contributed by atoms with Crippen LogP contribution in [0.3, 0.4) is 0 Å². The lowest BCUT2D eigenvalue weighted by Crippen LogP contribution is -2.51. The Balaban J connectivity index is 2.94. The molecule has 0 aromatic heterocycles. The summed E-state index contributed by atoms with van der Waals surface area (Å²) in [4.78, 5) is 12.2. The maximum atomic E-state index is 13.0. The summed E-state index contributed by atoms with van der Waals surface area (Å²) >= 11 is 6.84. The molecule has 0 radical (unpaired) electrons. The third kappa shape index (κ3) is 3.54.